The van der Waals surface area contributed by atoms with Crippen LogP contribution in [-0.4, -0.2) is 30.7 Å². The molecule has 2 atom stereocenters. The van der Waals surface area contributed by atoms with E-state index in [4.69, 9.17) is 5.32 Å². The van der Waals surface area contributed by atoms with Gasteiger partial charge in [0.2, 0.25) is 0 Å². The van der Waals surface area contributed by atoms with Gasteiger partial charge in [0, 0.05) is 43.2 Å². The predicted octanol–water partition coefficient (Wildman–Crippen LogP) is 3.28. The third-order valence-electron chi connectivity index (χ3n) is 4.92. The zero-order valence-corrected chi connectivity index (χ0v) is 14.0. The molecule has 0 saturated carbocycles. The molecule has 0 amide bonds. The van der Waals surface area contributed by atoms with Crippen LogP contribution in [0.4, 0.5) is 4.39 Å². The first-order chi connectivity index (χ1) is 12.3. The molecule has 1 saturated heterocycles. The zero-order valence-electron chi connectivity index (χ0n) is 14.0. The number of benzene rings is 2. The van der Waals surface area contributed by atoms with Crippen molar-refractivity contribution in [3.63, 3.8) is 0 Å². The van der Waals surface area contributed by atoms with Crippen molar-refractivity contribution in [2.75, 3.05) is 19.6 Å². The number of piperazine rings is 1. The highest BCUT2D eigenvalue weighted by molar-refractivity contribution is 5.81. The second kappa shape index (κ2) is 7.30. The molecule has 1 aromatic heterocycles. The van der Waals surface area contributed by atoms with Crippen LogP contribution in [0.15, 0.2) is 60.8 Å². The predicted molar refractivity (Wildman–Crippen MR) is 98.2 cm³/mol. The van der Waals surface area contributed by atoms with Gasteiger partial charge in [0.15, 0.2) is 0 Å². The van der Waals surface area contributed by atoms with Crippen LogP contribution in [0.5, 0.6) is 0 Å². The van der Waals surface area contributed by atoms with E-state index in [1.165, 1.54) is 5.56 Å². The van der Waals surface area contributed by atoms with Crippen molar-refractivity contribution in [3.8, 4) is 0 Å². The third-order valence-corrected chi connectivity index (χ3v) is 4.92. The van der Waals surface area contributed by atoms with E-state index in [0.29, 0.717) is 0 Å². The van der Waals surface area contributed by atoms with Gasteiger partial charge in [0.05, 0.1) is 5.52 Å². The summed E-state index contributed by atoms with van der Waals surface area (Å²) >= 11 is 0. The standard InChI is InChI=1S/C21H21FN3/c22-18-8-6-15(7-9-18)19(20-14-23-11-12-24-20)13-17-4-1-3-16-5-2-10-25-21(16)17/h1-10,19-20,23H,11-14H2. The molecule has 2 aromatic carbocycles. The van der Waals surface area contributed by atoms with Crippen molar-refractivity contribution >= 4 is 10.9 Å². The number of pyridine rings is 1. The molecule has 1 radical (unpaired) electrons. The fraction of sp³-hybridized carbons (Fsp3) is 0.286. The van der Waals surface area contributed by atoms with Crippen LogP contribution in [0.1, 0.15) is 17.0 Å². The monoisotopic (exact) mass is 334 g/mol. The number of para-hydroxylation sites is 1. The maximum atomic E-state index is 13.4. The van der Waals surface area contributed by atoms with E-state index in [9.17, 15) is 4.39 Å². The Kier molecular flexibility index (Phi) is 4.72. The minimum Gasteiger partial charge on any atom is -0.314 e. The second-order valence-corrected chi connectivity index (χ2v) is 6.53. The van der Waals surface area contributed by atoms with E-state index in [0.717, 1.165) is 42.5 Å². The molecule has 1 aliphatic heterocycles. The van der Waals surface area contributed by atoms with Gasteiger partial charge >= 0.3 is 0 Å². The summed E-state index contributed by atoms with van der Waals surface area (Å²) in [6, 6.07) is 17.4. The van der Waals surface area contributed by atoms with Crippen molar-refractivity contribution in [1.82, 2.24) is 15.6 Å². The number of aromatic nitrogens is 1. The van der Waals surface area contributed by atoms with Crippen molar-refractivity contribution in [3.05, 3.63) is 77.7 Å². The Balaban J connectivity index is 1.71. The highest BCUT2D eigenvalue weighted by Gasteiger charge is 2.26. The van der Waals surface area contributed by atoms with Gasteiger partial charge < -0.3 is 5.32 Å². The number of fused-ring (bicyclic) bond motifs is 1. The molecule has 0 bridgehead atoms. The summed E-state index contributed by atoms with van der Waals surface area (Å²) in [6.07, 6.45) is 2.68. The topological polar surface area (TPSA) is 39.0 Å². The summed E-state index contributed by atoms with van der Waals surface area (Å²) in [5, 5.41) is 9.41. The Morgan fingerprint density at radius 1 is 1.08 bits per heavy atom. The lowest BCUT2D eigenvalue weighted by Gasteiger charge is -2.31. The molecule has 2 unspecified atom stereocenters. The Morgan fingerprint density at radius 3 is 2.72 bits per heavy atom. The summed E-state index contributed by atoms with van der Waals surface area (Å²) < 4.78 is 13.4. The lowest BCUT2D eigenvalue weighted by molar-refractivity contribution is 0.357. The lowest BCUT2D eigenvalue weighted by atomic mass is 9.84. The number of rotatable bonds is 4. The molecule has 1 aliphatic rings. The van der Waals surface area contributed by atoms with Gasteiger partial charge in [0.25, 0.3) is 0 Å². The Hall–Kier alpha value is -2.30. The second-order valence-electron chi connectivity index (χ2n) is 6.53. The summed E-state index contributed by atoms with van der Waals surface area (Å²) in [4.78, 5) is 4.58. The third kappa shape index (κ3) is 3.55. The Morgan fingerprint density at radius 2 is 1.92 bits per heavy atom. The summed E-state index contributed by atoms with van der Waals surface area (Å²) in [7, 11) is 0. The van der Waals surface area contributed by atoms with Crippen molar-refractivity contribution in [2.24, 2.45) is 0 Å². The molecule has 25 heavy (non-hydrogen) atoms. The average molecular weight is 334 g/mol. The van der Waals surface area contributed by atoms with E-state index in [2.05, 4.69) is 34.6 Å². The van der Waals surface area contributed by atoms with E-state index in [1.807, 2.05) is 24.4 Å². The number of nitrogens with one attached hydrogen (secondary N) is 1. The fourth-order valence-corrected chi connectivity index (χ4v) is 3.65. The normalized spacial score (nSPS) is 19.0. The molecular weight excluding hydrogens is 313 g/mol. The van der Waals surface area contributed by atoms with E-state index >= 15 is 0 Å². The summed E-state index contributed by atoms with van der Waals surface area (Å²) in [5.74, 6) is 0.00837. The largest absolute Gasteiger partial charge is 0.314 e. The van der Waals surface area contributed by atoms with Crippen LogP contribution in [0.25, 0.3) is 10.9 Å². The van der Waals surface area contributed by atoms with E-state index in [1.54, 1.807) is 12.1 Å². The number of hydrogen-bond acceptors (Lipinski definition) is 2. The van der Waals surface area contributed by atoms with Crippen LogP contribution in [0, 0.1) is 5.82 Å². The Bertz CT molecular complexity index is 836. The van der Waals surface area contributed by atoms with Crippen molar-refractivity contribution in [1.29, 1.82) is 0 Å². The summed E-state index contributed by atoms with van der Waals surface area (Å²) in [5.41, 5.74) is 3.39. The van der Waals surface area contributed by atoms with Gasteiger partial charge in [-0.05, 0) is 35.7 Å². The highest BCUT2D eigenvalue weighted by atomic mass is 19.1. The molecule has 3 aromatic rings. The smallest absolute Gasteiger partial charge is 0.123 e. The lowest BCUT2D eigenvalue weighted by Crippen LogP contribution is -2.47. The summed E-state index contributed by atoms with van der Waals surface area (Å²) in [6.45, 7) is 2.62. The molecule has 127 valence electrons. The zero-order chi connectivity index (χ0) is 17.1. The molecule has 1 fully saturated rings. The van der Waals surface area contributed by atoms with Gasteiger partial charge in [-0.3, -0.25) is 4.98 Å². The van der Waals surface area contributed by atoms with Gasteiger partial charge in [0.1, 0.15) is 5.82 Å². The number of hydrogen-bond donors (Lipinski definition) is 1. The maximum absolute atomic E-state index is 13.4. The molecule has 4 heteroatoms. The number of halogens is 1. The first-order valence-electron chi connectivity index (χ1n) is 8.77. The van der Waals surface area contributed by atoms with E-state index in [-0.39, 0.29) is 17.8 Å². The van der Waals surface area contributed by atoms with Crippen LogP contribution >= 0.6 is 0 Å². The van der Waals surface area contributed by atoms with Crippen LogP contribution in [-0.2, 0) is 6.42 Å². The molecular formula is C21H21FN3. The molecule has 0 aliphatic carbocycles. The van der Waals surface area contributed by atoms with Gasteiger partial charge in [-0.25, -0.2) is 9.71 Å². The maximum Gasteiger partial charge on any atom is 0.123 e. The van der Waals surface area contributed by atoms with E-state index < -0.39 is 0 Å². The fourth-order valence-electron chi connectivity index (χ4n) is 3.65. The first-order valence-corrected chi connectivity index (χ1v) is 8.77. The van der Waals surface area contributed by atoms with Gasteiger partial charge in [-0.2, -0.15) is 0 Å². The van der Waals surface area contributed by atoms with Crippen molar-refractivity contribution in [2.45, 2.75) is 18.4 Å². The minimum atomic E-state index is -0.201. The highest BCUT2D eigenvalue weighted by Crippen LogP contribution is 2.28. The number of nitrogens with zero attached hydrogens (tertiary/aromatic N) is 2. The molecule has 4 rings (SSSR count). The Labute approximate surface area is 147 Å². The average Bonchev–Trinajstić information content (AvgIpc) is 2.68. The van der Waals surface area contributed by atoms with Crippen LogP contribution in [0.3, 0.4) is 0 Å². The van der Waals surface area contributed by atoms with Crippen LogP contribution < -0.4 is 10.6 Å². The van der Waals surface area contributed by atoms with Crippen LogP contribution in [0.2, 0.25) is 0 Å². The van der Waals surface area contributed by atoms with Gasteiger partial charge in [-0.1, -0.05) is 36.4 Å². The first kappa shape index (κ1) is 16.2. The minimum absolute atomic E-state index is 0.193. The molecule has 0 spiro atoms. The molecule has 1 N–H and O–H groups in total. The van der Waals surface area contributed by atoms with Crippen molar-refractivity contribution < 1.29 is 4.39 Å². The SMILES string of the molecule is Fc1ccc(C(Cc2cccc3cccnc23)C2CNCC[N]2)cc1. The molecule has 2 heterocycles. The van der Waals surface area contributed by atoms with Gasteiger partial charge in [-0.15, -0.1) is 0 Å². The molecule has 3 nitrogen and oxygen atoms in total. The quantitative estimate of drug-likeness (QED) is 0.795.